The fourth-order valence-electron chi connectivity index (χ4n) is 1.23. The lowest BCUT2D eigenvalue weighted by molar-refractivity contribution is -0.121. The Labute approximate surface area is 117 Å². The molecule has 0 heterocycles. The Kier molecular flexibility index (Phi) is 5.95. The molecule has 0 saturated heterocycles. The van der Waals surface area contributed by atoms with Crippen LogP contribution in [0, 0.1) is 5.82 Å². The third kappa shape index (κ3) is 6.52. The first kappa shape index (κ1) is 15.1. The van der Waals surface area contributed by atoms with Crippen molar-refractivity contribution in [1.29, 1.82) is 0 Å². The predicted octanol–water partition coefficient (Wildman–Crippen LogP) is 1.44. The molecular formula is C13H16FN3OS. The van der Waals surface area contributed by atoms with E-state index in [2.05, 4.69) is 22.7 Å². The largest absolute Gasteiger partial charge is 0.358 e. The van der Waals surface area contributed by atoms with E-state index in [1.54, 1.807) is 12.1 Å². The highest BCUT2D eigenvalue weighted by Crippen LogP contribution is 2.02. The summed E-state index contributed by atoms with van der Waals surface area (Å²) in [6, 6.07) is 5.75. The van der Waals surface area contributed by atoms with Gasteiger partial charge in [0.25, 0.3) is 0 Å². The third-order valence-electron chi connectivity index (χ3n) is 2.14. The van der Waals surface area contributed by atoms with Gasteiger partial charge < -0.3 is 5.32 Å². The average Bonchev–Trinajstić information content (AvgIpc) is 2.36. The second kappa shape index (κ2) is 7.48. The molecule has 0 radical (unpaired) electrons. The minimum Gasteiger partial charge on any atom is -0.358 e. The van der Waals surface area contributed by atoms with Gasteiger partial charge in [0.05, 0.1) is 6.42 Å². The monoisotopic (exact) mass is 281 g/mol. The van der Waals surface area contributed by atoms with Gasteiger partial charge in [0.2, 0.25) is 5.91 Å². The number of carbonyl (C=O) groups excluding carboxylic acids is 1. The van der Waals surface area contributed by atoms with Gasteiger partial charge in [0, 0.05) is 6.54 Å². The van der Waals surface area contributed by atoms with Crippen LogP contribution in [0.2, 0.25) is 0 Å². The van der Waals surface area contributed by atoms with Crippen molar-refractivity contribution in [2.24, 2.45) is 0 Å². The molecule has 0 bridgehead atoms. The normalized spacial score (nSPS) is 9.58. The number of rotatable bonds is 4. The summed E-state index contributed by atoms with van der Waals surface area (Å²) >= 11 is 4.94. The number of hydrogen-bond donors (Lipinski definition) is 3. The minimum atomic E-state index is -0.326. The zero-order valence-electron chi connectivity index (χ0n) is 10.6. The standard InChI is InChI=1S/C13H16FN3OS/c1-9(2)8-15-13(19)17-16-12(18)7-10-3-5-11(14)6-4-10/h3-6H,1,7-8H2,2H3,(H,16,18)(H2,15,17,19). The molecule has 1 rings (SSSR count). The minimum absolute atomic E-state index is 0.149. The van der Waals surface area contributed by atoms with Crippen molar-refractivity contribution in [3.05, 3.63) is 47.8 Å². The molecule has 0 saturated carbocycles. The van der Waals surface area contributed by atoms with Crippen LogP contribution in [0.15, 0.2) is 36.4 Å². The number of nitrogens with one attached hydrogen (secondary N) is 3. The van der Waals surface area contributed by atoms with Crippen LogP contribution in [-0.4, -0.2) is 17.6 Å². The Hall–Kier alpha value is -1.95. The fraction of sp³-hybridized carbons (Fsp3) is 0.231. The Morgan fingerprint density at radius 1 is 1.32 bits per heavy atom. The predicted molar refractivity (Wildman–Crippen MR) is 76.8 cm³/mol. The maximum Gasteiger partial charge on any atom is 0.242 e. The summed E-state index contributed by atoms with van der Waals surface area (Å²) in [5.41, 5.74) is 6.68. The van der Waals surface area contributed by atoms with Gasteiger partial charge in [0.1, 0.15) is 5.82 Å². The molecule has 0 aliphatic heterocycles. The molecule has 4 nitrogen and oxygen atoms in total. The number of carbonyl (C=O) groups is 1. The number of benzene rings is 1. The summed E-state index contributed by atoms with van der Waals surface area (Å²) in [5, 5.41) is 3.18. The third-order valence-corrected chi connectivity index (χ3v) is 2.39. The van der Waals surface area contributed by atoms with E-state index in [4.69, 9.17) is 12.2 Å². The fourth-order valence-corrected chi connectivity index (χ4v) is 1.36. The van der Waals surface area contributed by atoms with Crippen molar-refractivity contribution in [2.75, 3.05) is 6.54 Å². The highest BCUT2D eigenvalue weighted by Gasteiger charge is 2.03. The second-order valence-electron chi connectivity index (χ2n) is 4.12. The summed E-state index contributed by atoms with van der Waals surface area (Å²) in [4.78, 5) is 11.6. The van der Waals surface area contributed by atoms with E-state index >= 15 is 0 Å². The van der Waals surface area contributed by atoms with Gasteiger partial charge in [-0.25, -0.2) is 4.39 Å². The molecule has 102 valence electrons. The lowest BCUT2D eigenvalue weighted by atomic mass is 10.1. The molecule has 1 aromatic carbocycles. The number of amides is 1. The van der Waals surface area contributed by atoms with Crippen LogP contribution in [0.1, 0.15) is 12.5 Å². The topological polar surface area (TPSA) is 53.2 Å². The van der Waals surface area contributed by atoms with Crippen LogP contribution in [0.5, 0.6) is 0 Å². The summed E-state index contributed by atoms with van der Waals surface area (Å²) in [6.07, 6.45) is 0.149. The van der Waals surface area contributed by atoms with Gasteiger partial charge in [-0.15, -0.1) is 0 Å². The number of halogens is 1. The average molecular weight is 281 g/mol. The SMILES string of the molecule is C=C(C)CNC(=S)NNC(=O)Cc1ccc(F)cc1. The van der Waals surface area contributed by atoms with Crippen molar-refractivity contribution < 1.29 is 9.18 Å². The van der Waals surface area contributed by atoms with Gasteiger partial charge >= 0.3 is 0 Å². The second-order valence-corrected chi connectivity index (χ2v) is 4.52. The van der Waals surface area contributed by atoms with E-state index < -0.39 is 0 Å². The molecule has 0 unspecified atom stereocenters. The summed E-state index contributed by atoms with van der Waals surface area (Å²) in [5.74, 6) is -0.585. The molecule has 0 fully saturated rings. The van der Waals surface area contributed by atoms with E-state index in [0.717, 1.165) is 11.1 Å². The van der Waals surface area contributed by atoms with Crippen LogP contribution >= 0.6 is 12.2 Å². The Morgan fingerprint density at radius 3 is 2.53 bits per heavy atom. The van der Waals surface area contributed by atoms with Crippen molar-refractivity contribution in [3.8, 4) is 0 Å². The number of thiocarbonyl (C=S) groups is 1. The molecule has 0 aromatic heterocycles. The van der Waals surface area contributed by atoms with Crippen LogP contribution in [0.4, 0.5) is 4.39 Å². The van der Waals surface area contributed by atoms with E-state index in [0.29, 0.717) is 11.7 Å². The first-order chi connectivity index (χ1) is 8.97. The zero-order chi connectivity index (χ0) is 14.3. The van der Waals surface area contributed by atoms with E-state index in [1.165, 1.54) is 12.1 Å². The van der Waals surface area contributed by atoms with Crippen molar-refractivity contribution in [3.63, 3.8) is 0 Å². The van der Waals surface area contributed by atoms with Crippen LogP contribution < -0.4 is 16.2 Å². The molecule has 6 heteroatoms. The van der Waals surface area contributed by atoms with Crippen molar-refractivity contribution in [1.82, 2.24) is 16.2 Å². The number of hydrazine groups is 1. The molecule has 1 aromatic rings. The summed E-state index contributed by atoms with van der Waals surface area (Å²) in [6.45, 7) is 6.12. The first-order valence-corrected chi connectivity index (χ1v) is 6.09. The molecule has 0 aliphatic rings. The molecule has 1 amide bonds. The number of hydrogen-bond acceptors (Lipinski definition) is 2. The van der Waals surface area contributed by atoms with Gasteiger partial charge in [-0.2, -0.15) is 0 Å². The van der Waals surface area contributed by atoms with Gasteiger partial charge in [0.15, 0.2) is 5.11 Å². The Morgan fingerprint density at radius 2 is 1.95 bits per heavy atom. The molecule has 0 spiro atoms. The first-order valence-electron chi connectivity index (χ1n) is 5.69. The molecule has 0 aliphatic carbocycles. The zero-order valence-corrected chi connectivity index (χ0v) is 11.4. The molecule has 0 atom stereocenters. The van der Waals surface area contributed by atoms with Crippen LogP contribution in [-0.2, 0) is 11.2 Å². The summed E-state index contributed by atoms with van der Waals surface area (Å²) in [7, 11) is 0. The molecule has 19 heavy (non-hydrogen) atoms. The van der Waals surface area contributed by atoms with E-state index in [1.807, 2.05) is 6.92 Å². The van der Waals surface area contributed by atoms with Gasteiger partial charge in [-0.3, -0.25) is 15.6 Å². The van der Waals surface area contributed by atoms with Crippen LogP contribution in [0.25, 0.3) is 0 Å². The molecule has 3 N–H and O–H groups in total. The van der Waals surface area contributed by atoms with Crippen LogP contribution in [0.3, 0.4) is 0 Å². The maximum absolute atomic E-state index is 12.7. The Bertz CT molecular complexity index is 473. The summed E-state index contributed by atoms with van der Waals surface area (Å²) < 4.78 is 12.7. The van der Waals surface area contributed by atoms with Gasteiger partial charge in [-0.05, 0) is 36.8 Å². The van der Waals surface area contributed by atoms with Crippen molar-refractivity contribution in [2.45, 2.75) is 13.3 Å². The highest BCUT2D eigenvalue weighted by molar-refractivity contribution is 7.80. The smallest absolute Gasteiger partial charge is 0.242 e. The van der Waals surface area contributed by atoms with Gasteiger partial charge in [-0.1, -0.05) is 24.3 Å². The highest BCUT2D eigenvalue weighted by atomic mass is 32.1. The van der Waals surface area contributed by atoms with Crippen molar-refractivity contribution >= 4 is 23.2 Å². The van der Waals surface area contributed by atoms with E-state index in [9.17, 15) is 9.18 Å². The quantitative estimate of drug-likeness (QED) is 0.444. The van der Waals surface area contributed by atoms with E-state index in [-0.39, 0.29) is 18.1 Å². The molecular weight excluding hydrogens is 265 g/mol. The lowest BCUT2D eigenvalue weighted by Crippen LogP contribution is -2.47. The Balaban J connectivity index is 2.29. The maximum atomic E-state index is 12.7. The lowest BCUT2D eigenvalue weighted by Gasteiger charge is -2.11.